The van der Waals surface area contributed by atoms with Gasteiger partial charge in [0, 0.05) is 5.92 Å². The van der Waals surface area contributed by atoms with E-state index in [9.17, 15) is 9.59 Å². The Morgan fingerprint density at radius 3 is 2.22 bits per heavy atom. The van der Waals surface area contributed by atoms with Crippen LogP contribution in [-0.2, 0) is 29.0 Å². The van der Waals surface area contributed by atoms with Crippen LogP contribution in [0.4, 0.5) is 4.79 Å². The molecule has 3 aromatic carbocycles. The highest BCUT2D eigenvalue weighted by Gasteiger charge is 2.39. The van der Waals surface area contributed by atoms with Crippen LogP contribution in [0.5, 0.6) is 5.75 Å². The molecule has 1 aliphatic rings. The Balaban J connectivity index is 1.34. The number of nitrogens with zero attached hydrogens (tertiary/aromatic N) is 1. The van der Waals surface area contributed by atoms with Crippen LogP contribution in [0.2, 0.25) is 0 Å². The summed E-state index contributed by atoms with van der Waals surface area (Å²) in [6.07, 6.45) is 0.588. The van der Waals surface area contributed by atoms with Crippen LogP contribution in [0.25, 0.3) is 0 Å². The monoisotopic (exact) mass is 429 g/mol. The smallest absolute Gasteiger partial charge is 0.416 e. The third kappa shape index (κ3) is 5.35. The molecule has 2 amide bonds. The van der Waals surface area contributed by atoms with Crippen molar-refractivity contribution in [2.24, 2.45) is 5.92 Å². The number of rotatable bonds is 8. The molecule has 0 aliphatic carbocycles. The van der Waals surface area contributed by atoms with Gasteiger partial charge in [0.05, 0.1) is 6.04 Å². The fourth-order valence-electron chi connectivity index (χ4n) is 3.91. The Morgan fingerprint density at radius 2 is 1.56 bits per heavy atom. The van der Waals surface area contributed by atoms with E-state index >= 15 is 0 Å². The Morgan fingerprint density at radius 1 is 0.938 bits per heavy atom. The quantitative estimate of drug-likeness (QED) is 0.504. The number of benzene rings is 3. The molecule has 0 radical (unpaired) electrons. The molecule has 0 bridgehead atoms. The average molecular weight is 430 g/mol. The molecule has 1 heterocycles. The van der Waals surface area contributed by atoms with Gasteiger partial charge in [-0.25, -0.2) is 9.69 Å². The molecule has 2 atom stereocenters. The zero-order valence-corrected chi connectivity index (χ0v) is 18.1. The van der Waals surface area contributed by atoms with E-state index in [1.54, 1.807) is 0 Å². The second-order valence-corrected chi connectivity index (χ2v) is 8.15. The van der Waals surface area contributed by atoms with Crippen LogP contribution in [-0.4, -0.2) is 29.5 Å². The van der Waals surface area contributed by atoms with Crippen LogP contribution in [0.3, 0.4) is 0 Å². The summed E-state index contributed by atoms with van der Waals surface area (Å²) < 4.78 is 11.0. The minimum atomic E-state index is -0.549. The summed E-state index contributed by atoms with van der Waals surface area (Å²) in [6.45, 7) is 2.60. The van der Waals surface area contributed by atoms with Crippen LogP contribution >= 0.6 is 0 Å². The third-order valence-electron chi connectivity index (χ3n) is 5.65. The van der Waals surface area contributed by atoms with E-state index in [4.69, 9.17) is 9.47 Å². The van der Waals surface area contributed by atoms with Gasteiger partial charge in [-0.3, -0.25) is 4.79 Å². The second kappa shape index (κ2) is 10.1. The molecule has 1 fully saturated rings. The molecule has 4 rings (SSSR count). The summed E-state index contributed by atoms with van der Waals surface area (Å²) in [5.74, 6) is 0.246. The van der Waals surface area contributed by atoms with Gasteiger partial charge in [0.2, 0.25) is 5.91 Å². The lowest BCUT2D eigenvalue weighted by Crippen LogP contribution is -2.43. The van der Waals surface area contributed by atoms with Gasteiger partial charge in [-0.1, -0.05) is 79.7 Å². The second-order valence-electron chi connectivity index (χ2n) is 8.15. The first-order valence-corrected chi connectivity index (χ1v) is 10.9. The average Bonchev–Trinajstić information content (AvgIpc) is 3.19. The number of hydrogen-bond acceptors (Lipinski definition) is 4. The van der Waals surface area contributed by atoms with Crippen molar-refractivity contribution in [3.8, 4) is 5.75 Å². The molecule has 5 heteroatoms. The standard InChI is InChI=1S/C27H27NO4/c1-20(16-22-12-14-25(15-13-22)31-18-23-10-6-3-7-11-23)26(29)28-24(19-32-27(28)30)17-21-8-4-2-5-9-21/h2-15,20,24H,16-19H2,1H3/t20-,24-/m1/s1. The molecular formula is C27H27NO4. The summed E-state index contributed by atoms with van der Waals surface area (Å²) >= 11 is 0. The van der Waals surface area contributed by atoms with Crippen molar-refractivity contribution < 1.29 is 19.1 Å². The van der Waals surface area contributed by atoms with Gasteiger partial charge < -0.3 is 9.47 Å². The van der Waals surface area contributed by atoms with Crippen molar-refractivity contribution in [3.05, 3.63) is 102 Å². The lowest BCUT2D eigenvalue weighted by Gasteiger charge is -2.23. The minimum Gasteiger partial charge on any atom is -0.489 e. The van der Waals surface area contributed by atoms with E-state index in [-0.39, 0.29) is 24.5 Å². The van der Waals surface area contributed by atoms with E-state index in [2.05, 4.69) is 0 Å². The van der Waals surface area contributed by atoms with Gasteiger partial charge in [0.1, 0.15) is 19.0 Å². The van der Waals surface area contributed by atoms with Crippen molar-refractivity contribution in [1.29, 1.82) is 0 Å². The molecule has 0 unspecified atom stereocenters. The minimum absolute atomic E-state index is 0.196. The molecule has 5 nitrogen and oxygen atoms in total. The molecule has 1 aliphatic heterocycles. The van der Waals surface area contributed by atoms with Gasteiger partial charge in [-0.2, -0.15) is 0 Å². The predicted octanol–water partition coefficient (Wildman–Crippen LogP) is 5.03. The molecule has 1 saturated heterocycles. The molecule has 32 heavy (non-hydrogen) atoms. The van der Waals surface area contributed by atoms with Crippen molar-refractivity contribution >= 4 is 12.0 Å². The largest absolute Gasteiger partial charge is 0.489 e. The molecule has 164 valence electrons. The Kier molecular flexibility index (Phi) is 6.85. The lowest BCUT2D eigenvalue weighted by molar-refractivity contribution is -0.132. The van der Waals surface area contributed by atoms with E-state index in [1.807, 2.05) is 91.9 Å². The predicted molar refractivity (Wildman–Crippen MR) is 122 cm³/mol. The first-order valence-electron chi connectivity index (χ1n) is 10.9. The highest BCUT2D eigenvalue weighted by Crippen LogP contribution is 2.22. The van der Waals surface area contributed by atoms with Gasteiger partial charge in [-0.15, -0.1) is 0 Å². The van der Waals surface area contributed by atoms with Crippen molar-refractivity contribution in [2.75, 3.05) is 6.61 Å². The Bertz CT molecular complexity index is 1030. The molecule has 0 spiro atoms. The summed E-state index contributed by atoms with van der Waals surface area (Å²) in [5, 5.41) is 0. The van der Waals surface area contributed by atoms with Gasteiger partial charge in [0.15, 0.2) is 0 Å². The van der Waals surface area contributed by atoms with Crippen LogP contribution in [0, 0.1) is 5.92 Å². The van der Waals surface area contributed by atoms with Crippen LogP contribution in [0.1, 0.15) is 23.6 Å². The van der Waals surface area contributed by atoms with Gasteiger partial charge in [0.25, 0.3) is 0 Å². The summed E-state index contributed by atoms with van der Waals surface area (Å²) in [6, 6.07) is 27.3. The SMILES string of the molecule is C[C@H](Cc1ccc(OCc2ccccc2)cc1)C(=O)N1C(=O)OC[C@H]1Cc1ccccc1. The molecule has 0 saturated carbocycles. The fraction of sp³-hybridized carbons (Fsp3) is 0.259. The van der Waals surface area contributed by atoms with Crippen LogP contribution in [0.15, 0.2) is 84.9 Å². The number of carbonyl (C=O) groups is 2. The van der Waals surface area contributed by atoms with Crippen molar-refractivity contribution in [1.82, 2.24) is 4.90 Å². The Hall–Kier alpha value is -3.60. The van der Waals surface area contributed by atoms with E-state index in [1.165, 1.54) is 4.90 Å². The molecule has 3 aromatic rings. The number of carbonyl (C=O) groups excluding carboxylic acids is 2. The topological polar surface area (TPSA) is 55.8 Å². The van der Waals surface area contributed by atoms with Crippen molar-refractivity contribution in [2.45, 2.75) is 32.4 Å². The molecule has 0 aromatic heterocycles. The maximum Gasteiger partial charge on any atom is 0.416 e. The zero-order chi connectivity index (χ0) is 22.3. The molecule has 0 N–H and O–H groups in total. The fourth-order valence-corrected chi connectivity index (χ4v) is 3.91. The Labute approximate surface area is 188 Å². The molecular weight excluding hydrogens is 402 g/mol. The maximum atomic E-state index is 13.1. The summed E-state index contributed by atoms with van der Waals surface area (Å²) in [4.78, 5) is 26.7. The summed E-state index contributed by atoms with van der Waals surface area (Å²) in [7, 11) is 0. The van der Waals surface area contributed by atoms with E-state index in [0.717, 1.165) is 22.4 Å². The number of hydrogen-bond donors (Lipinski definition) is 0. The van der Waals surface area contributed by atoms with Gasteiger partial charge >= 0.3 is 6.09 Å². The summed E-state index contributed by atoms with van der Waals surface area (Å²) in [5.41, 5.74) is 3.20. The highest BCUT2D eigenvalue weighted by atomic mass is 16.6. The van der Waals surface area contributed by atoms with Gasteiger partial charge in [-0.05, 0) is 41.7 Å². The first-order chi connectivity index (χ1) is 15.6. The number of ether oxygens (including phenoxy) is 2. The van der Waals surface area contributed by atoms with E-state index in [0.29, 0.717) is 19.4 Å². The number of imide groups is 1. The maximum absolute atomic E-state index is 13.1. The highest BCUT2D eigenvalue weighted by molar-refractivity contribution is 5.94. The zero-order valence-electron chi connectivity index (χ0n) is 18.1. The lowest BCUT2D eigenvalue weighted by atomic mass is 9.98. The number of amides is 2. The first kappa shape index (κ1) is 21.6. The van der Waals surface area contributed by atoms with Crippen molar-refractivity contribution in [3.63, 3.8) is 0 Å². The number of cyclic esters (lactones) is 1. The van der Waals surface area contributed by atoms with Crippen LogP contribution < -0.4 is 4.74 Å². The normalized spacial score (nSPS) is 16.5. The third-order valence-corrected chi connectivity index (χ3v) is 5.65. The van der Waals surface area contributed by atoms with E-state index < -0.39 is 6.09 Å².